The Kier molecular flexibility index (Phi) is 4.45. The number of carboxylic acid groups (broad SMARTS) is 1. The number of hydrogen-bond acceptors (Lipinski definition) is 3. The van der Waals surface area contributed by atoms with E-state index >= 15 is 0 Å². The number of aliphatic carboxylic acids is 1. The Morgan fingerprint density at radius 1 is 1.37 bits per heavy atom. The lowest BCUT2D eigenvalue weighted by molar-refractivity contribution is -0.145. The van der Waals surface area contributed by atoms with Crippen LogP contribution in [0.25, 0.3) is 0 Å². The largest absolute Gasteiger partial charge is 0.480 e. The summed E-state index contributed by atoms with van der Waals surface area (Å²) in [7, 11) is 0. The van der Waals surface area contributed by atoms with Crippen molar-refractivity contribution in [1.29, 1.82) is 0 Å². The monoisotopic (exact) mass is 268 g/mol. The molecule has 0 bridgehead atoms. The predicted molar refractivity (Wildman–Crippen MR) is 71.7 cm³/mol. The first-order valence-corrected chi connectivity index (χ1v) is 7.33. The van der Waals surface area contributed by atoms with E-state index in [0.717, 1.165) is 51.6 Å². The average Bonchev–Trinajstić information content (AvgIpc) is 3.21. The van der Waals surface area contributed by atoms with Gasteiger partial charge in [-0.3, -0.25) is 4.79 Å². The molecule has 3 N–H and O–H groups in total. The van der Waals surface area contributed by atoms with Gasteiger partial charge in [0.1, 0.15) is 6.04 Å². The van der Waals surface area contributed by atoms with Gasteiger partial charge in [0.2, 0.25) is 5.91 Å². The molecule has 19 heavy (non-hydrogen) atoms. The molecule has 0 aromatic heterocycles. The molecule has 0 aromatic rings. The molecule has 5 heteroatoms. The third kappa shape index (κ3) is 3.26. The molecular formula is C14H24N2O3. The quantitative estimate of drug-likeness (QED) is 0.675. The number of carbonyl (C=O) groups excluding carboxylic acids is 1. The molecule has 1 saturated heterocycles. The van der Waals surface area contributed by atoms with E-state index in [-0.39, 0.29) is 17.2 Å². The summed E-state index contributed by atoms with van der Waals surface area (Å²) in [6.45, 7) is 3.76. The van der Waals surface area contributed by atoms with Crippen molar-refractivity contribution in [2.75, 3.05) is 13.1 Å². The zero-order valence-corrected chi connectivity index (χ0v) is 11.6. The van der Waals surface area contributed by atoms with Gasteiger partial charge in [-0.1, -0.05) is 13.3 Å². The number of carbonyl (C=O) groups is 2. The van der Waals surface area contributed by atoms with Gasteiger partial charge < -0.3 is 15.7 Å². The first-order valence-electron chi connectivity index (χ1n) is 7.33. The molecule has 2 fully saturated rings. The summed E-state index contributed by atoms with van der Waals surface area (Å²) >= 11 is 0. The molecule has 1 amide bonds. The lowest BCUT2D eigenvalue weighted by Gasteiger charge is -2.37. The fraction of sp³-hybridized carbons (Fsp3) is 0.857. The van der Waals surface area contributed by atoms with Crippen molar-refractivity contribution in [1.82, 2.24) is 10.6 Å². The van der Waals surface area contributed by atoms with E-state index in [0.29, 0.717) is 0 Å². The molecule has 1 unspecified atom stereocenters. The summed E-state index contributed by atoms with van der Waals surface area (Å²) in [5.41, 5.74) is -0.359. The maximum Gasteiger partial charge on any atom is 0.326 e. The average molecular weight is 268 g/mol. The van der Waals surface area contributed by atoms with E-state index in [1.807, 2.05) is 0 Å². The third-order valence-electron chi connectivity index (χ3n) is 4.42. The maximum absolute atomic E-state index is 12.6. The molecule has 2 rings (SSSR count). The van der Waals surface area contributed by atoms with Crippen LogP contribution in [-0.2, 0) is 9.59 Å². The van der Waals surface area contributed by atoms with Crippen LogP contribution in [0.15, 0.2) is 0 Å². The number of hydrogen-bond donors (Lipinski definition) is 3. The molecule has 1 aliphatic carbocycles. The van der Waals surface area contributed by atoms with Gasteiger partial charge >= 0.3 is 5.97 Å². The predicted octanol–water partition coefficient (Wildman–Crippen LogP) is 1.14. The van der Waals surface area contributed by atoms with E-state index in [4.69, 9.17) is 0 Å². The number of rotatable bonds is 6. The van der Waals surface area contributed by atoms with Crippen molar-refractivity contribution in [2.24, 2.45) is 11.3 Å². The summed E-state index contributed by atoms with van der Waals surface area (Å²) < 4.78 is 0. The molecule has 5 nitrogen and oxygen atoms in total. The Hall–Kier alpha value is -1.10. The summed E-state index contributed by atoms with van der Waals surface area (Å²) in [6.07, 6.45) is 5.25. The molecule has 1 heterocycles. The maximum atomic E-state index is 12.6. The van der Waals surface area contributed by atoms with Gasteiger partial charge in [0.15, 0.2) is 0 Å². The summed E-state index contributed by atoms with van der Waals surface area (Å²) in [4.78, 5) is 23.8. The molecule has 2 aliphatic rings. The highest BCUT2D eigenvalue weighted by Crippen LogP contribution is 2.37. The van der Waals surface area contributed by atoms with Crippen molar-refractivity contribution in [3.63, 3.8) is 0 Å². The van der Waals surface area contributed by atoms with Gasteiger partial charge in [0.05, 0.1) is 5.41 Å². The van der Waals surface area contributed by atoms with Crippen molar-refractivity contribution < 1.29 is 14.7 Å². The van der Waals surface area contributed by atoms with Gasteiger partial charge in [-0.2, -0.15) is 0 Å². The number of amides is 1. The van der Waals surface area contributed by atoms with Crippen molar-refractivity contribution in [3.05, 3.63) is 0 Å². The lowest BCUT2D eigenvalue weighted by atomic mass is 9.74. The SMILES string of the molecule is CCCC1(C(=O)NC(C(=O)O)C2CC2)CCNCC1. The zero-order chi connectivity index (χ0) is 13.9. The minimum atomic E-state index is -0.892. The molecular weight excluding hydrogens is 244 g/mol. The molecule has 108 valence electrons. The fourth-order valence-corrected chi connectivity index (χ4v) is 3.08. The van der Waals surface area contributed by atoms with Crippen LogP contribution in [-0.4, -0.2) is 36.1 Å². The second kappa shape index (κ2) is 5.90. The van der Waals surface area contributed by atoms with Crippen LogP contribution in [0.1, 0.15) is 45.4 Å². The van der Waals surface area contributed by atoms with Gasteiger partial charge in [-0.25, -0.2) is 4.79 Å². The number of carboxylic acids is 1. The smallest absolute Gasteiger partial charge is 0.326 e. The molecule has 0 aromatic carbocycles. The first kappa shape index (κ1) is 14.3. The second-order valence-corrected chi connectivity index (χ2v) is 5.91. The Balaban J connectivity index is 2.03. The Morgan fingerprint density at radius 3 is 2.47 bits per heavy atom. The van der Waals surface area contributed by atoms with Crippen molar-refractivity contribution in [2.45, 2.75) is 51.5 Å². The standard InChI is InChI=1S/C14H24N2O3/c1-2-5-14(6-8-15-9-7-14)13(19)16-11(12(17)18)10-3-4-10/h10-11,15H,2-9H2,1H3,(H,16,19)(H,17,18). The minimum absolute atomic E-state index is 0.0462. The Bertz CT molecular complexity index is 341. The number of nitrogens with one attached hydrogen (secondary N) is 2. The van der Waals surface area contributed by atoms with E-state index in [1.54, 1.807) is 0 Å². The summed E-state index contributed by atoms with van der Waals surface area (Å²) in [5, 5.41) is 15.3. The van der Waals surface area contributed by atoms with Crippen LogP contribution in [0.2, 0.25) is 0 Å². The van der Waals surface area contributed by atoms with Crippen LogP contribution in [0.5, 0.6) is 0 Å². The van der Waals surface area contributed by atoms with E-state index < -0.39 is 12.0 Å². The van der Waals surface area contributed by atoms with Gasteiger partial charge in [0, 0.05) is 0 Å². The van der Waals surface area contributed by atoms with Crippen molar-refractivity contribution in [3.8, 4) is 0 Å². The van der Waals surface area contributed by atoms with Gasteiger partial charge in [-0.15, -0.1) is 0 Å². The van der Waals surface area contributed by atoms with Crippen LogP contribution in [0.3, 0.4) is 0 Å². The Labute approximate surface area is 114 Å². The molecule has 1 saturated carbocycles. The third-order valence-corrected chi connectivity index (χ3v) is 4.42. The van der Waals surface area contributed by atoms with E-state index in [1.165, 1.54) is 0 Å². The highest BCUT2D eigenvalue weighted by molar-refractivity contribution is 5.88. The highest BCUT2D eigenvalue weighted by atomic mass is 16.4. The summed E-state index contributed by atoms with van der Waals surface area (Å²) in [6, 6.07) is -0.684. The van der Waals surface area contributed by atoms with Crippen molar-refractivity contribution >= 4 is 11.9 Å². The van der Waals surface area contributed by atoms with Gasteiger partial charge in [0.25, 0.3) is 0 Å². The van der Waals surface area contributed by atoms with Gasteiger partial charge in [-0.05, 0) is 51.1 Å². The van der Waals surface area contributed by atoms with E-state index in [2.05, 4.69) is 17.6 Å². The van der Waals surface area contributed by atoms with Crippen LogP contribution in [0, 0.1) is 11.3 Å². The lowest BCUT2D eigenvalue weighted by Crippen LogP contribution is -2.52. The van der Waals surface area contributed by atoms with Crippen LogP contribution >= 0.6 is 0 Å². The van der Waals surface area contributed by atoms with Crippen LogP contribution in [0.4, 0.5) is 0 Å². The molecule has 0 spiro atoms. The molecule has 1 aliphatic heterocycles. The molecule has 1 atom stereocenters. The normalized spacial score (nSPS) is 23.6. The number of piperidine rings is 1. The fourth-order valence-electron chi connectivity index (χ4n) is 3.08. The first-order chi connectivity index (χ1) is 9.09. The minimum Gasteiger partial charge on any atom is -0.480 e. The highest BCUT2D eigenvalue weighted by Gasteiger charge is 2.43. The molecule has 0 radical (unpaired) electrons. The van der Waals surface area contributed by atoms with E-state index in [9.17, 15) is 14.7 Å². The summed E-state index contributed by atoms with van der Waals surface area (Å²) in [5.74, 6) is -0.798. The second-order valence-electron chi connectivity index (χ2n) is 5.91. The zero-order valence-electron chi connectivity index (χ0n) is 11.6. The van der Waals surface area contributed by atoms with Crippen LogP contribution < -0.4 is 10.6 Å². The Morgan fingerprint density at radius 2 is 2.00 bits per heavy atom. The topological polar surface area (TPSA) is 78.4 Å².